The van der Waals surface area contributed by atoms with E-state index in [4.69, 9.17) is 9.47 Å². The van der Waals surface area contributed by atoms with Crippen molar-refractivity contribution in [2.75, 3.05) is 13.2 Å². The zero-order valence-corrected chi connectivity index (χ0v) is 10.6. The molecular formula is C14H24O2. The highest BCUT2D eigenvalue weighted by molar-refractivity contribution is 5.09. The lowest BCUT2D eigenvalue weighted by Crippen LogP contribution is -2.39. The Labute approximate surface area is 99.3 Å². The largest absolute Gasteiger partial charge is 0.496 e. The van der Waals surface area contributed by atoms with Gasteiger partial charge in [0.2, 0.25) is 0 Å². The summed E-state index contributed by atoms with van der Waals surface area (Å²) in [5.74, 6) is 1.58. The van der Waals surface area contributed by atoms with Crippen molar-refractivity contribution in [3.8, 4) is 0 Å². The van der Waals surface area contributed by atoms with Gasteiger partial charge >= 0.3 is 0 Å². The van der Waals surface area contributed by atoms with E-state index in [-0.39, 0.29) is 5.60 Å². The van der Waals surface area contributed by atoms with E-state index < -0.39 is 0 Å². The minimum atomic E-state index is -0.267. The van der Waals surface area contributed by atoms with Gasteiger partial charge in [-0.2, -0.15) is 0 Å². The van der Waals surface area contributed by atoms with Crippen molar-refractivity contribution >= 4 is 0 Å². The molecule has 0 atom stereocenters. The quantitative estimate of drug-likeness (QED) is 0.506. The van der Waals surface area contributed by atoms with Crippen molar-refractivity contribution in [3.05, 3.63) is 25.0 Å². The molecule has 0 unspecified atom stereocenters. The molecule has 2 nitrogen and oxygen atoms in total. The predicted molar refractivity (Wildman–Crippen MR) is 67.3 cm³/mol. The third-order valence-corrected chi connectivity index (χ3v) is 3.39. The van der Waals surface area contributed by atoms with Crippen molar-refractivity contribution in [2.24, 2.45) is 5.92 Å². The van der Waals surface area contributed by atoms with Crippen LogP contribution in [0.2, 0.25) is 0 Å². The highest BCUT2D eigenvalue weighted by Gasteiger charge is 2.38. The topological polar surface area (TPSA) is 18.5 Å². The van der Waals surface area contributed by atoms with Crippen LogP contribution in [0.1, 0.15) is 39.5 Å². The first kappa shape index (κ1) is 13.3. The molecule has 1 fully saturated rings. The summed E-state index contributed by atoms with van der Waals surface area (Å²) in [5.41, 5.74) is -0.267. The maximum absolute atomic E-state index is 5.94. The Balaban J connectivity index is 2.67. The Morgan fingerprint density at radius 1 is 1.44 bits per heavy atom. The molecular weight excluding hydrogens is 200 g/mol. The molecule has 16 heavy (non-hydrogen) atoms. The highest BCUT2D eigenvalue weighted by Crippen LogP contribution is 2.39. The van der Waals surface area contributed by atoms with Gasteiger partial charge in [0.05, 0.1) is 13.2 Å². The molecule has 0 heterocycles. The lowest BCUT2D eigenvalue weighted by Gasteiger charge is -2.39. The van der Waals surface area contributed by atoms with Crippen LogP contribution in [0.5, 0.6) is 0 Å². The van der Waals surface area contributed by atoms with Crippen LogP contribution < -0.4 is 0 Å². The van der Waals surface area contributed by atoms with Crippen LogP contribution in [0.15, 0.2) is 25.0 Å². The smallest absolute Gasteiger partial charge is 0.125 e. The minimum Gasteiger partial charge on any atom is -0.496 e. The second-order valence-corrected chi connectivity index (χ2v) is 4.63. The molecule has 92 valence electrons. The number of ether oxygens (including phenoxy) is 2. The Hall–Kier alpha value is -0.760. The van der Waals surface area contributed by atoms with Crippen molar-refractivity contribution in [1.82, 2.24) is 0 Å². The first-order valence-electron chi connectivity index (χ1n) is 6.21. The Morgan fingerprint density at radius 3 is 2.56 bits per heavy atom. The number of hydrogen-bond donors (Lipinski definition) is 0. The molecule has 0 saturated heterocycles. The van der Waals surface area contributed by atoms with Crippen LogP contribution >= 0.6 is 0 Å². The van der Waals surface area contributed by atoms with Gasteiger partial charge in [0.25, 0.3) is 0 Å². The summed E-state index contributed by atoms with van der Waals surface area (Å²) in [6.07, 6.45) is 6.19. The first-order chi connectivity index (χ1) is 7.64. The van der Waals surface area contributed by atoms with Crippen LogP contribution in [0.3, 0.4) is 0 Å². The van der Waals surface area contributed by atoms with Crippen molar-refractivity contribution in [1.29, 1.82) is 0 Å². The van der Waals surface area contributed by atoms with Gasteiger partial charge in [0.1, 0.15) is 11.4 Å². The van der Waals surface area contributed by atoms with Crippen molar-refractivity contribution < 1.29 is 9.47 Å². The summed E-state index contributed by atoms with van der Waals surface area (Å²) in [6, 6.07) is 0. The third kappa shape index (κ3) is 3.11. The Morgan fingerprint density at radius 2 is 2.06 bits per heavy atom. The summed E-state index contributed by atoms with van der Waals surface area (Å²) in [5, 5.41) is 0. The van der Waals surface area contributed by atoms with E-state index in [2.05, 4.69) is 20.1 Å². The normalized spacial score (nSPS) is 29.8. The molecule has 1 rings (SSSR count). The number of rotatable bonds is 6. The molecule has 0 aromatic carbocycles. The van der Waals surface area contributed by atoms with E-state index in [1.807, 2.05) is 6.92 Å². The molecule has 0 aliphatic heterocycles. The molecule has 0 aromatic rings. The zero-order valence-electron chi connectivity index (χ0n) is 10.6. The van der Waals surface area contributed by atoms with Crippen molar-refractivity contribution in [3.63, 3.8) is 0 Å². The fraction of sp³-hybridized carbons (Fsp3) is 0.714. The van der Waals surface area contributed by atoms with E-state index in [1.54, 1.807) is 6.08 Å². The van der Waals surface area contributed by atoms with Crippen LogP contribution in [0.25, 0.3) is 0 Å². The molecule has 0 spiro atoms. The van der Waals surface area contributed by atoms with Gasteiger partial charge in [0.15, 0.2) is 0 Å². The SMILES string of the molecule is C=CCOC1(C(=C)OCC)CCC(C)CC1. The van der Waals surface area contributed by atoms with Gasteiger partial charge in [-0.25, -0.2) is 0 Å². The van der Waals surface area contributed by atoms with Crippen LogP contribution in [-0.2, 0) is 9.47 Å². The standard InChI is InChI=1S/C14H24O2/c1-5-11-16-14(13(4)15-6-2)9-7-12(3)8-10-14/h5,12H,1,4,6-11H2,2-3H3. The first-order valence-corrected chi connectivity index (χ1v) is 6.21. The predicted octanol–water partition coefficient (Wildman–Crippen LogP) is 3.69. The molecule has 1 aliphatic rings. The molecule has 0 bridgehead atoms. The van der Waals surface area contributed by atoms with E-state index >= 15 is 0 Å². The van der Waals surface area contributed by atoms with Crippen LogP contribution in [0.4, 0.5) is 0 Å². The van der Waals surface area contributed by atoms with Crippen molar-refractivity contribution in [2.45, 2.75) is 45.1 Å². The summed E-state index contributed by atoms with van der Waals surface area (Å²) in [4.78, 5) is 0. The zero-order chi connectivity index (χ0) is 12.0. The summed E-state index contributed by atoms with van der Waals surface area (Å²) < 4.78 is 11.5. The number of hydrogen-bond acceptors (Lipinski definition) is 2. The van der Waals surface area contributed by atoms with Gasteiger partial charge < -0.3 is 9.47 Å². The maximum Gasteiger partial charge on any atom is 0.125 e. The van der Waals surface area contributed by atoms with Gasteiger partial charge in [-0.05, 0) is 38.5 Å². The molecule has 2 heteroatoms. The van der Waals surface area contributed by atoms with E-state index in [0.717, 1.165) is 24.5 Å². The van der Waals surface area contributed by atoms with Crippen LogP contribution in [-0.4, -0.2) is 18.8 Å². The molecule has 0 N–H and O–H groups in total. The lowest BCUT2D eigenvalue weighted by molar-refractivity contribution is -0.0716. The summed E-state index contributed by atoms with van der Waals surface area (Å²) in [7, 11) is 0. The minimum absolute atomic E-state index is 0.267. The van der Waals surface area contributed by atoms with E-state index in [1.165, 1.54) is 12.8 Å². The average Bonchev–Trinajstić information content (AvgIpc) is 2.29. The summed E-state index contributed by atoms with van der Waals surface area (Å²) >= 11 is 0. The average molecular weight is 224 g/mol. The van der Waals surface area contributed by atoms with Crippen LogP contribution in [0, 0.1) is 5.92 Å². The fourth-order valence-electron chi connectivity index (χ4n) is 2.26. The molecule has 1 aliphatic carbocycles. The van der Waals surface area contributed by atoms with Gasteiger partial charge in [-0.1, -0.05) is 19.6 Å². The third-order valence-electron chi connectivity index (χ3n) is 3.39. The Kier molecular flexibility index (Phi) is 5.07. The molecule has 1 saturated carbocycles. The van der Waals surface area contributed by atoms with Gasteiger partial charge in [-0.3, -0.25) is 0 Å². The van der Waals surface area contributed by atoms with Gasteiger partial charge in [-0.15, -0.1) is 6.58 Å². The lowest BCUT2D eigenvalue weighted by atomic mass is 9.78. The second kappa shape index (κ2) is 6.09. The van der Waals surface area contributed by atoms with E-state index in [0.29, 0.717) is 13.2 Å². The molecule has 0 radical (unpaired) electrons. The highest BCUT2D eigenvalue weighted by atomic mass is 16.5. The van der Waals surface area contributed by atoms with Gasteiger partial charge in [0, 0.05) is 0 Å². The Bertz CT molecular complexity index is 237. The molecule has 0 aromatic heterocycles. The second-order valence-electron chi connectivity index (χ2n) is 4.63. The maximum atomic E-state index is 5.94. The summed E-state index contributed by atoms with van der Waals surface area (Å²) in [6.45, 7) is 13.2. The van der Waals surface area contributed by atoms with E-state index in [9.17, 15) is 0 Å². The fourth-order valence-corrected chi connectivity index (χ4v) is 2.26. The monoisotopic (exact) mass is 224 g/mol. The molecule has 0 amide bonds.